The lowest BCUT2D eigenvalue weighted by Crippen LogP contribution is -2.39. The standard InChI is InChI=1S/C21H22F3N3O2S/c1-29-15-6-4-13(5-7-15)17-10-18(21(22,23)24)27-20(26-17)30-11-19(28)25-16-9-12-2-3-14(16)8-12/h4-7,10,12,14,16H,2-3,8-9,11H2,1H3,(H,25,28). The van der Waals surface area contributed by atoms with Crippen LogP contribution in [0, 0.1) is 11.8 Å². The fourth-order valence-corrected chi connectivity index (χ4v) is 5.01. The Kier molecular flexibility index (Phi) is 5.90. The molecule has 2 aliphatic rings. The van der Waals surface area contributed by atoms with Gasteiger partial charge in [-0.2, -0.15) is 13.2 Å². The van der Waals surface area contributed by atoms with Crippen molar-refractivity contribution in [1.29, 1.82) is 0 Å². The van der Waals surface area contributed by atoms with Gasteiger partial charge in [-0.15, -0.1) is 0 Å². The fourth-order valence-electron chi connectivity index (χ4n) is 4.34. The lowest BCUT2D eigenvalue weighted by molar-refractivity contribution is -0.141. The molecule has 2 aromatic rings. The van der Waals surface area contributed by atoms with Crippen molar-refractivity contribution >= 4 is 17.7 Å². The maximum atomic E-state index is 13.3. The summed E-state index contributed by atoms with van der Waals surface area (Å²) in [5.41, 5.74) is -0.368. The summed E-state index contributed by atoms with van der Waals surface area (Å²) in [5, 5.41) is 2.96. The minimum absolute atomic E-state index is 0.0166. The Hall–Kier alpha value is -2.29. The van der Waals surface area contributed by atoms with E-state index in [0.29, 0.717) is 23.1 Å². The molecule has 0 spiro atoms. The molecule has 3 atom stereocenters. The number of hydrogen-bond acceptors (Lipinski definition) is 5. The zero-order chi connectivity index (χ0) is 21.3. The molecule has 160 valence electrons. The number of nitrogens with zero attached hydrogens (tertiary/aromatic N) is 2. The molecule has 2 aliphatic carbocycles. The van der Waals surface area contributed by atoms with Crippen LogP contribution in [0.2, 0.25) is 0 Å². The van der Waals surface area contributed by atoms with E-state index in [1.165, 1.54) is 20.0 Å². The predicted octanol–water partition coefficient (Wildman–Crippen LogP) is 4.57. The summed E-state index contributed by atoms with van der Waals surface area (Å²) in [6.07, 6.45) is -0.0592. The van der Waals surface area contributed by atoms with Crippen LogP contribution in [-0.4, -0.2) is 34.8 Å². The van der Waals surface area contributed by atoms with Crippen LogP contribution >= 0.6 is 11.8 Å². The lowest BCUT2D eigenvalue weighted by atomic mass is 9.95. The Morgan fingerprint density at radius 2 is 1.97 bits per heavy atom. The average molecular weight is 437 g/mol. The topological polar surface area (TPSA) is 64.1 Å². The number of ether oxygens (including phenoxy) is 1. The molecule has 2 fully saturated rings. The number of benzene rings is 1. The maximum Gasteiger partial charge on any atom is 0.433 e. The highest BCUT2D eigenvalue weighted by molar-refractivity contribution is 7.99. The Morgan fingerprint density at radius 3 is 2.57 bits per heavy atom. The highest BCUT2D eigenvalue weighted by Gasteiger charge is 2.40. The van der Waals surface area contributed by atoms with E-state index in [1.54, 1.807) is 24.3 Å². The van der Waals surface area contributed by atoms with Gasteiger partial charge in [0.2, 0.25) is 5.91 Å². The predicted molar refractivity (Wildman–Crippen MR) is 107 cm³/mol. The second-order valence-electron chi connectivity index (χ2n) is 7.78. The number of rotatable bonds is 6. The minimum Gasteiger partial charge on any atom is -0.497 e. The van der Waals surface area contributed by atoms with Gasteiger partial charge in [-0.1, -0.05) is 18.2 Å². The molecular weight excluding hydrogens is 415 g/mol. The summed E-state index contributed by atoms with van der Waals surface area (Å²) < 4.78 is 45.1. The van der Waals surface area contributed by atoms with Crippen molar-refractivity contribution in [2.45, 2.75) is 43.1 Å². The molecule has 0 aliphatic heterocycles. The number of halogens is 3. The van der Waals surface area contributed by atoms with Gasteiger partial charge in [-0.3, -0.25) is 4.79 Å². The largest absolute Gasteiger partial charge is 0.497 e. The number of hydrogen-bond donors (Lipinski definition) is 1. The number of carbonyl (C=O) groups excluding carboxylic acids is 1. The summed E-state index contributed by atoms with van der Waals surface area (Å²) in [4.78, 5) is 20.2. The van der Waals surface area contributed by atoms with E-state index >= 15 is 0 Å². The Balaban J connectivity index is 1.48. The third-order valence-corrected chi connectivity index (χ3v) is 6.65. The number of nitrogens with one attached hydrogen (secondary N) is 1. The van der Waals surface area contributed by atoms with Gasteiger partial charge in [-0.05, 0) is 61.4 Å². The van der Waals surface area contributed by atoms with Crippen LogP contribution in [-0.2, 0) is 11.0 Å². The van der Waals surface area contributed by atoms with Crippen LogP contribution in [0.15, 0.2) is 35.5 Å². The van der Waals surface area contributed by atoms with Gasteiger partial charge < -0.3 is 10.1 Å². The van der Waals surface area contributed by atoms with Gasteiger partial charge in [0.1, 0.15) is 11.4 Å². The monoisotopic (exact) mass is 437 g/mol. The number of amides is 1. The molecule has 5 nitrogen and oxygen atoms in total. The number of carbonyl (C=O) groups is 1. The van der Waals surface area contributed by atoms with Crippen LogP contribution in [0.4, 0.5) is 13.2 Å². The van der Waals surface area contributed by atoms with E-state index in [1.807, 2.05) is 0 Å². The van der Waals surface area contributed by atoms with E-state index in [2.05, 4.69) is 15.3 Å². The van der Waals surface area contributed by atoms with Crippen molar-refractivity contribution in [2.75, 3.05) is 12.9 Å². The summed E-state index contributed by atoms with van der Waals surface area (Å²) >= 11 is 0.920. The highest BCUT2D eigenvalue weighted by Crippen LogP contribution is 2.44. The number of methoxy groups -OCH3 is 1. The molecule has 1 amide bonds. The first kappa shape index (κ1) is 21.0. The Labute approximate surface area is 176 Å². The minimum atomic E-state index is -4.61. The van der Waals surface area contributed by atoms with Crippen molar-refractivity contribution in [3.8, 4) is 17.0 Å². The normalized spacial score (nSPS) is 22.9. The summed E-state index contributed by atoms with van der Waals surface area (Å²) in [5.74, 6) is 1.62. The molecule has 1 N–H and O–H groups in total. The highest BCUT2D eigenvalue weighted by atomic mass is 32.2. The third-order valence-electron chi connectivity index (χ3n) is 5.80. The SMILES string of the molecule is COc1ccc(-c2cc(C(F)(F)F)nc(SCC(=O)NC3CC4CCC3C4)n2)cc1. The molecule has 1 aromatic heterocycles. The third kappa shape index (κ3) is 4.71. The van der Waals surface area contributed by atoms with Crippen molar-refractivity contribution in [3.63, 3.8) is 0 Å². The molecule has 30 heavy (non-hydrogen) atoms. The number of thioether (sulfide) groups is 1. The number of aromatic nitrogens is 2. The lowest BCUT2D eigenvalue weighted by Gasteiger charge is -2.22. The zero-order valence-electron chi connectivity index (χ0n) is 16.4. The molecule has 0 radical (unpaired) electrons. The van der Waals surface area contributed by atoms with Crippen molar-refractivity contribution in [2.24, 2.45) is 11.8 Å². The first-order chi connectivity index (χ1) is 14.3. The molecule has 1 heterocycles. The van der Waals surface area contributed by atoms with E-state index in [9.17, 15) is 18.0 Å². The van der Waals surface area contributed by atoms with Gasteiger partial charge in [0, 0.05) is 11.6 Å². The molecule has 1 aromatic carbocycles. The fraction of sp³-hybridized carbons (Fsp3) is 0.476. The molecule has 9 heteroatoms. The Bertz CT molecular complexity index is 921. The van der Waals surface area contributed by atoms with Crippen LogP contribution in [0.5, 0.6) is 5.75 Å². The van der Waals surface area contributed by atoms with Gasteiger partial charge in [0.25, 0.3) is 0 Å². The maximum absolute atomic E-state index is 13.3. The van der Waals surface area contributed by atoms with Crippen molar-refractivity contribution in [1.82, 2.24) is 15.3 Å². The molecule has 4 rings (SSSR count). The van der Waals surface area contributed by atoms with Crippen LogP contribution in [0.25, 0.3) is 11.3 Å². The molecule has 2 saturated carbocycles. The van der Waals surface area contributed by atoms with Crippen molar-refractivity contribution < 1.29 is 22.7 Å². The summed E-state index contributed by atoms with van der Waals surface area (Å²) in [6.45, 7) is 0. The van der Waals surface area contributed by atoms with Gasteiger partial charge in [-0.25, -0.2) is 9.97 Å². The first-order valence-corrected chi connectivity index (χ1v) is 10.8. The van der Waals surface area contributed by atoms with Crippen molar-refractivity contribution in [3.05, 3.63) is 36.0 Å². The summed E-state index contributed by atoms with van der Waals surface area (Å²) in [7, 11) is 1.51. The van der Waals surface area contributed by atoms with Gasteiger partial charge >= 0.3 is 6.18 Å². The second kappa shape index (κ2) is 8.45. The molecule has 3 unspecified atom stereocenters. The molecular formula is C21H22F3N3O2S. The smallest absolute Gasteiger partial charge is 0.433 e. The van der Waals surface area contributed by atoms with Crippen LogP contribution < -0.4 is 10.1 Å². The Morgan fingerprint density at radius 1 is 1.20 bits per heavy atom. The molecule has 0 saturated heterocycles. The van der Waals surface area contributed by atoms with Gasteiger partial charge in [0.15, 0.2) is 5.16 Å². The van der Waals surface area contributed by atoms with E-state index < -0.39 is 11.9 Å². The zero-order valence-corrected chi connectivity index (χ0v) is 17.2. The van der Waals surface area contributed by atoms with Crippen LogP contribution in [0.1, 0.15) is 31.4 Å². The molecule has 2 bridgehead atoms. The number of alkyl halides is 3. The van der Waals surface area contributed by atoms with Crippen LogP contribution in [0.3, 0.4) is 0 Å². The van der Waals surface area contributed by atoms with E-state index in [-0.39, 0.29) is 28.6 Å². The van der Waals surface area contributed by atoms with E-state index in [0.717, 1.165) is 30.7 Å². The first-order valence-electron chi connectivity index (χ1n) is 9.84. The van der Waals surface area contributed by atoms with Gasteiger partial charge in [0.05, 0.1) is 18.6 Å². The second-order valence-corrected chi connectivity index (χ2v) is 8.73. The quantitative estimate of drug-likeness (QED) is 0.530. The summed E-state index contributed by atoms with van der Waals surface area (Å²) in [6, 6.07) is 7.69. The average Bonchev–Trinajstić information content (AvgIpc) is 3.35. The van der Waals surface area contributed by atoms with E-state index in [4.69, 9.17) is 4.74 Å². The number of fused-ring (bicyclic) bond motifs is 2.